The van der Waals surface area contributed by atoms with Crippen LogP contribution in [0.2, 0.25) is 0 Å². The van der Waals surface area contributed by atoms with Crippen molar-refractivity contribution in [1.29, 1.82) is 0 Å². The summed E-state index contributed by atoms with van der Waals surface area (Å²) in [6.07, 6.45) is 25.9. The number of carbonyl (C=O) groups is 4. The van der Waals surface area contributed by atoms with Gasteiger partial charge in [0.1, 0.15) is 0 Å². The van der Waals surface area contributed by atoms with Crippen molar-refractivity contribution >= 4 is 46.4 Å². The summed E-state index contributed by atoms with van der Waals surface area (Å²) in [7, 11) is 0. The van der Waals surface area contributed by atoms with Crippen LogP contribution in [-0.4, -0.2) is 187 Å². The van der Waals surface area contributed by atoms with Crippen molar-refractivity contribution in [2.45, 2.75) is 123 Å². The summed E-state index contributed by atoms with van der Waals surface area (Å²) >= 11 is 0. The number of nitrogens with one attached hydrogen (secondary N) is 4. The fourth-order valence-electron chi connectivity index (χ4n) is 19.2. The first kappa shape index (κ1) is 77.4. The van der Waals surface area contributed by atoms with E-state index in [1.54, 1.807) is 0 Å². The van der Waals surface area contributed by atoms with Crippen molar-refractivity contribution in [3.8, 4) is 44.5 Å². The molecule has 8 aliphatic heterocycles. The highest BCUT2D eigenvalue weighted by atomic mass is 16.2. The Morgan fingerprint density at radius 2 is 0.748 bits per heavy atom. The molecule has 20 heteroatoms. The van der Waals surface area contributed by atoms with Gasteiger partial charge in [-0.2, -0.15) is 20.4 Å². The Bertz CT molecular complexity index is 5060. The van der Waals surface area contributed by atoms with Crippen LogP contribution in [0.4, 0.5) is 22.7 Å². The standard InChI is InChI=1S/C26H30N4O.C25H28N4O.C24H26N4O.C20H26N4O/c1-19-13-21(18-30(19)26(31)10-7-20-5-3-2-4-6-20)17-29-12-11-23-14-22(8-9-25(23)29)24-15-27-28-16-24;1-18-11-20(17-29(18)25(30)12-19-5-3-2-4-6-19)16-28-10-9-22-13-21(7-8-24(22)28)23-14-26-27-15-23;1-17-11-18(16-28(17)24(29)19-5-3-2-4-6-19)15-27-10-9-21-12-20(7-8-23(21)27)22-13-25-26-14-22;1-14(2)20(25)24-7-5-15(13-24)12-23-8-6-17-9-16(3-4-19(17)23)18-10-21-22-11-18/h2-6,8-9,14-16,19,21H,7,10-13,17-18H2,1H3,(H,27,28);2-8,13-15,18,20H,9-12,16-17H2,1H3,(H,26,27);2-8,12-14,17-18H,9-11,15-16H2,1H3,(H,25,26);3-4,9-11,14-15H,5-8,12-13H2,1-2H3,(H,21,22). The second-order valence-corrected chi connectivity index (χ2v) is 33.6. The minimum atomic E-state index is 0.104. The van der Waals surface area contributed by atoms with Gasteiger partial charge in [-0.05, 0) is 219 Å². The molecule has 7 atom stereocenters. The highest BCUT2D eigenvalue weighted by Crippen LogP contribution is 2.40. The lowest BCUT2D eigenvalue weighted by atomic mass is 10.0. The van der Waals surface area contributed by atoms with Crippen molar-refractivity contribution in [3.05, 3.63) is 252 Å². The Labute approximate surface area is 676 Å². The number of hydrogen-bond donors (Lipinski definition) is 4. The number of H-pyrrole nitrogens is 4. The molecule has 0 bridgehead atoms. The number of fused-ring (bicyclic) bond motifs is 4. The number of aromatic nitrogens is 8. The van der Waals surface area contributed by atoms with Crippen LogP contribution in [0.5, 0.6) is 0 Å². The van der Waals surface area contributed by atoms with E-state index in [4.69, 9.17) is 0 Å². The van der Waals surface area contributed by atoms with Gasteiger partial charge in [0.25, 0.3) is 5.91 Å². The molecule has 20 nitrogen and oxygen atoms in total. The largest absolute Gasteiger partial charge is 0.371 e. The van der Waals surface area contributed by atoms with E-state index < -0.39 is 0 Å². The number of amides is 4. The molecular weight excluding hydrogens is 1430 g/mol. The molecular formula is C95H110N16O4. The predicted octanol–water partition coefficient (Wildman–Crippen LogP) is 15.2. The van der Waals surface area contributed by atoms with E-state index >= 15 is 0 Å². The van der Waals surface area contributed by atoms with Gasteiger partial charge in [0.15, 0.2) is 0 Å². The topological polar surface area (TPSA) is 209 Å². The normalized spacial score (nSPS) is 20.4. The Balaban J connectivity index is 0.000000116. The summed E-state index contributed by atoms with van der Waals surface area (Å²) in [5, 5.41) is 27.8. The van der Waals surface area contributed by atoms with Gasteiger partial charge in [0.2, 0.25) is 17.7 Å². The van der Waals surface area contributed by atoms with Crippen LogP contribution in [0.3, 0.4) is 0 Å². The van der Waals surface area contributed by atoms with Crippen LogP contribution in [-0.2, 0) is 52.9 Å². The number of benzene rings is 7. The zero-order chi connectivity index (χ0) is 78.9. The molecule has 4 fully saturated rings. The van der Waals surface area contributed by atoms with Gasteiger partial charge < -0.3 is 39.2 Å². The first-order valence-electron chi connectivity index (χ1n) is 41.9. The fraction of sp³-hybridized carbons (Fsp3) is 0.389. The summed E-state index contributed by atoms with van der Waals surface area (Å²) in [6.45, 7) is 23.4. The third-order valence-electron chi connectivity index (χ3n) is 25.2. The molecule has 0 radical (unpaired) electrons. The first-order valence-corrected chi connectivity index (χ1v) is 41.9. The quantitative estimate of drug-likeness (QED) is 0.0596. The average Bonchev–Trinajstić information content (AvgIpc) is 1.66. The van der Waals surface area contributed by atoms with Gasteiger partial charge in [-0.25, -0.2) is 0 Å². The van der Waals surface area contributed by atoms with Crippen LogP contribution in [0.25, 0.3) is 44.5 Å². The van der Waals surface area contributed by atoms with Gasteiger partial charge in [-0.15, -0.1) is 0 Å². The molecule has 11 aromatic rings. The van der Waals surface area contributed by atoms with Crippen molar-refractivity contribution in [3.63, 3.8) is 0 Å². The minimum absolute atomic E-state index is 0.104. The van der Waals surface area contributed by atoms with Crippen LogP contribution in [0.15, 0.2) is 213 Å². The van der Waals surface area contributed by atoms with E-state index in [2.05, 4.69) is 181 Å². The summed E-state index contributed by atoms with van der Waals surface area (Å²) in [5.41, 5.74) is 23.6. The lowest BCUT2D eigenvalue weighted by molar-refractivity contribution is -0.133. The molecule has 7 aromatic carbocycles. The lowest BCUT2D eigenvalue weighted by Crippen LogP contribution is -2.36. The van der Waals surface area contributed by atoms with Gasteiger partial charge in [0.05, 0.1) is 31.2 Å². The molecule has 4 N–H and O–H groups in total. The van der Waals surface area contributed by atoms with Crippen molar-refractivity contribution < 1.29 is 19.2 Å². The van der Waals surface area contributed by atoms with E-state index in [9.17, 15) is 19.2 Å². The highest BCUT2D eigenvalue weighted by molar-refractivity contribution is 5.94. The van der Waals surface area contributed by atoms with Crippen molar-refractivity contribution in [2.24, 2.45) is 29.6 Å². The van der Waals surface area contributed by atoms with Crippen LogP contribution in [0.1, 0.15) is 110 Å². The molecule has 0 aliphatic carbocycles. The van der Waals surface area contributed by atoms with Gasteiger partial charge in [-0.3, -0.25) is 39.6 Å². The maximum Gasteiger partial charge on any atom is 0.254 e. The summed E-state index contributed by atoms with van der Waals surface area (Å²) < 4.78 is 0. The van der Waals surface area contributed by atoms with E-state index in [-0.39, 0.29) is 17.7 Å². The van der Waals surface area contributed by atoms with Gasteiger partial charge >= 0.3 is 0 Å². The predicted molar refractivity (Wildman–Crippen MR) is 458 cm³/mol. The zero-order valence-corrected chi connectivity index (χ0v) is 67.3. The molecule has 12 heterocycles. The molecule has 0 spiro atoms. The maximum absolute atomic E-state index is 12.9. The Kier molecular flexibility index (Phi) is 23.9. The minimum Gasteiger partial charge on any atom is -0.371 e. The number of likely N-dealkylation sites (tertiary alicyclic amines) is 4. The Hall–Kier alpha value is -11.5. The second-order valence-electron chi connectivity index (χ2n) is 33.6. The molecule has 4 aromatic heterocycles. The fourth-order valence-corrected chi connectivity index (χ4v) is 19.2. The number of anilines is 4. The van der Waals surface area contributed by atoms with Gasteiger partial charge in [-0.1, -0.05) is 117 Å². The SMILES string of the molecule is CC(C)C(=O)N1CCC(CN2CCc3cc(-c4cn[nH]c4)ccc32)C1.CC1CC(CN2CCc3cc(-c4cn[nH]c4)ccc32)CN1C(=O)CCc1ccccc1.CC1CC(CN2CCc3cc(-c4cn[nH]c4)ccc32)CN1C(=O)Cc1ccccc1.CC1CC(CN2CCc3cc(-c4cn[nH]c4)ccc32)CN1C(=O)c1ccccc1. The van der Waals surface area contributed by atoms with Crippen molar-refractivity contribution in [2.75, 3.05) is 105 Å². The van der Waals surface area contributed by atoms with Crippen LogP contribution >= 0.6 is 0 Å². The molecule has 4 saturated heterocycles. The smallest absolute Gasteiger partial charge is 0.254 e. The van der Waals surface area contributed by atoms with E-state index in [0.717, 1.165) is 176 Å². The Morgan fingerprint density at radius 3 is 1.13 bits per heavy atom. The summed E-state index contributed by atoms with van der Waals surface area (Å²) in [4.78, 5) is 69.1. The maximum atomic E-state index is 12.9. The molecule has 0 saturated carbocycles. The third-order valence-corrected chi connectivity index (χ3v) is 25.2. The molecule has 594 valence electrons. The number of hydrogen-bond acceptors (Lipinski definition) is 12. The highest BCUT2D eigenvalue weighted by Gasteiger charge is 2.39. The van der Waals surface area contributed by atoms with Crippen LogP contribution < -0.4 is 19.6 Å². The number of rotatable bonds is 19. The van der Waals surface area contributed by atoms with E-state index in [1.807, 2.05) is 147 Å². The van der Waals surface area contributed by atoms with Gasteiger partial charge in [0, 0.05) is 191 Å². The third kappa shape index (κ3) is 18.2. The average molecular weight is 1540 g/mol. The van der Waals surface area contributed by atoms with E-state index in [0.29, 0.717) is 66.5 Å². The lowest BCUT2D eigenvalue weighted by Gasteiger charge is -2.24. The van der Waals surface area contributed by atoms with Crippen molar-refractivity contribution in [1.82, 2.24) is 60.4 Å². The summed E-state index contributed by atoms with van der Waals surface area (Å²) in [5.74, 6) is 3.27. The monoisotopic (exact) mass is 1540 g/mol. The number of aromatic amines is 4. The van der Waals surface area contributed by atoms with E-state index in [1.165, 1.54) is 72.8 Å². The molecule has 19 rings (SSSR count). The number of nitrogens with zero attached hydrogens (tertiary/aromatic N) is 12. The second kappa shape index (κ2) is 35.5. The molecule has 4 amide bonds. The first-order chi connectivity index (χ1) is 56.1. The number of carbonyl (C=O) groups excluding carboxylic acids is 4. The van der Waals surface area contributed by atoms with Crippen LogP contribution in [0, 0.1) is 29.6 Å². The molecule has 115 heavy (non-hydrogen) atoms. The molecule has 7 unspecified atom stereocenters. The molecule has 8 aliphatic rings. The Morgan fingerprint density at radius 1 is 0.391 bits per heavy atom. The number of aryl methyl sites for hydroxylation is 1. The summed E-state index contributed by atoms with van der Waals surface area (Å²) in [6, 6.07) is 57.9. The zero-order valence-electron chi connectivity index (χ0n) is 67.3.